The minimum absolute atomic E-state index is 0.440. The Morgan fingerprint density at radius 1 is 1.29 bits per heavy atom. The van der Waals surface area contributed by atoms with Crippen molar-refractivity contribution >= 4 is 23.1 Å². The summed E-state index contributed by atoms with van der Waals surface area (Å²) in [4.78, 5) is 7.22. The van der Waals surface area contributed by atoms with Crippen LogP contribution in [0, 0.1) is 0 Å². The second-order valence-electron chi connectivity index (χ2n) is 5.76. The molecule has 0 amide bonds. The van der Waals surface area contributed by atoms with Gasteiger partial charge in [0.2, 0.25) is 0 Å². The molecule has 1 aliphatic heterocycles. The van der Waals surface area contributed by atoms with Crippen LogP contribution in [-0.2, 0) is 18.7 Å². The van der Waals surface area contributed by atoms with Crippen LogP contribution in [-0.4, -0.2) is 11.0 Å². The molecule has 2 aromatic rings. The normalized spacial score (nSPS) is 17.1. The number of nitrogens with zero attached hydrogens (tertiary/aromatic N) is 2. The predicted octanol–water partition coefficient (Wildman–Crippen LogP) is 4.86. The smallest absolute Gasteiger partial charge is 0.133 e. The highest BCUT2D eigenvalue weighted by atomic mass is 35.5. The molecule has 1 atom stereocenters. The van der Waals surface area contributed by atoms with Gasteiger partial charge in [0.15, 0.2) is 0 Å². The molecule has 1 aromatic carbocycles. The van der Waals surface area contributed by atoms with Gasteiger partial charge in [-0.2, -0.15) is 0 Å². The number of rotatable bonds is 4. The topological polar surface area (TPSA) is 16.1 Å². The third kappa shape index (κ3) is 2.77. The van der Waals surface area contributed by atoms with Crippen molar-refractivity contribution in [1.82, 2.24) is 4.98 Å². The third-order valence-corrected chi connectivity index (χ3v) is 4.35. The van der Waals surface area contributed by atoms with E-state index < -0.39 is 0 Å². The zero-order chi connectivity index (χ0) is 14.8. The molecule has 3 rings (SSSR count). The van der Waals surface area contributed by atoms with Crippen LogP contribution in [0.25, 0.3) is 0 Å². The van der Waals surface area contributed by atoms with Gasteiger partial charge in [0.1, 0.15) is 5.82 Å². The van der Waals surface area contributed by atoms with Crippen LogP contribution in [0.1, 0.15) is 37.1 Å². The van der Waals surface area contributed by atoms with Crippen molar-refractivity contribution < 1.29 is 0 Å². The first-order chi connectivity index (χ1) is 10.2. The number of benzene rings is 1. The molecule has 3 heteroatoms. The molecule has 0 fully saturated rings. The number of aryl methyl sites for hydroxylation is 1. The first-order valence-corrected chi connectivity index (χ1v) is 8.19. The number of aromatic nitrogens is 1. The summed E-state index contributed by atoms with van der Waals surface area (Å²) >= 11 is 6.07. The lowest BCUT2D eigenvalue weighted by atomic mass is 10.1. The van der Waals surface area contributed by atoms with Crippen LogP contribution in [0.4, 0.5) is 11.5 Å². The highest BCUT2D eigenvalue weighted by Crippen LogP contribution is 2.37. The molecule has 0 N–H and O–H groups in total. The second-order valence-corrected chi connectivity index (χ2v) is 6.03. The fourth-order valence-electron chi connectivity index (χ4n) is 3.13. The van der Waals surface area contributed by atoms with Gasteiger partial charge in [-0.15, -0.1) is 11.6 Å². The number of para-hydroxylation sites is 1. The Morgan fingerprint density at radius 2 is 2.10 bits per heavy atom. The fraction of sp³-hybridized carbons (Fsp3) is 0.389. The Kier molecular flexibility index (Phi) is 4.16. The summed E-state index contributed by atoms with van der Waals surface area (Å²) in [6, 6.07) is 13.3. The van der Waals surface area contributed by atoms with Crippen molar-refractivity contribution in [2.24, 2.45) is 0 Å². The Morgan fingerprint density at radius 3 is 2.86 bits per heavy atom. The molecule has 2 heterocycles. The largest absolute Gasteiger partial charge is 0.323 e. The Labute approximate surface area is 131 Å². The lowest BCUT2D eigenvalue weighted by molar-refractivity contribution is 0.745. The zero-order valence-electron chi connectivity index (χ0n) is 12.6. The summed E-state index contributed by atoms with van der Waals surface area (Å²) in [5.74, 6) is 1.57. The van der Waals surface area contributed by atoms with Gasteiger partial charge in [0, 0.05) is 23.3 Å². The van der Waals surface area contributed by atoms with Gasteiger partial charge in [0.05, 0.1) is 0 Å². The van der Waals surface area contributed by atoms with Gasteiger partial charge in [-0.25, -0.2) is 4.98 Å². The molecule has 0 saturated carbocycles. The van der Waals surface area contributed by atoms with Crippen molar-refractivity contribution in [3.05, 3.63) is 53.2 Å². The first-order valence-electron chi connectivity index (χ1n) is 7.66. The maximum absolute atomic E-state index is 6.07. The van der Waals surface area contributed by atoms with Gasteiger partial charge in [0.25, 0.3) is 0 Å². The quantitative estimate of drug-likeness (QED) is 0.750. The van der Waals surface area contributed by atoms with Crippen LogP contribution in [0.5, 0.6) is 0 Å². The monoisotopic (exact) mass is 300 g/mol. The molecule has 21 heavy (non-hydrogen) atoms. The molecular formula is C18H21ClN2. The van der Waals surface area contributed by atoms with Crippen molar-refractivity contribution in [2.75, 3.05) is 4.90 Å². The molecule has 2 nitrogen and oxygen atoms in total. The Balaban J connectivity index is 2.05. The number of pyridine rings is 1. The van der Waals surface area contributed by atoms with Crippen LogP contribution in [0.2, 0.25) is 0 Å². The zero-order valence-corrected chi connectivity index (χ0v) is 13.4. The van der Waals surface area contributed by atoms with E-state index in [0.29, 0.717) is 11.9 Å². The van der Waals surface area contributed by atoms with E-state index in [-0.39, 0.29) is 0 Å². The average Bonchev–Trinajstić information content (AvgIpc) is 2.83. The van der Waals surface area contributed by atoms with Gasteiger partial charge in [-0.05, 0) is 49.1 Å². The molecule has 0 saturated heterocycles. The molecule has 0 radical (unpaired) electrons. The highest BCUT2D eigenvalue weighted by molar-refractivity contribution is 6.17. The van der Waals surface area contributed by atoms with Gasteiger partial charge in [-0.3, -0.25) is 0 Å². The van der Waals surface area contributed by atoms with E-state index in [1.165, 1.54) is 11.3 Å². The fourth-order valence-corrected chi connectivity index (χ4v) is 3.29. The van der Waals surface area contributed by atoms with Gasteiger partial charge in [-0.1, -0.05) is 31.5 Å². The molecule has 110 valence electrons. The average molecular weight is 301 g/mol. The lowest BCUT2D eigenvalue weighted by Gasteiger charge is -2.25. The van der Waals surface area contributed by atoms with Crippen molar-refractivity contribution in [1.29, 1.82) is 0 Å². The standard InChI is InChI=1S/C18H21ClN2/c1-3-6-16-10-14(12-19)11-18(20-16)21-13(2)9-15-7-4-5-8-17(15)21/h4-5,7-8,10-11,13H,3,6,9,12H2,1-2H3. The molecule has 0 bridgehead atoms. The SMILES string of the molecule is CCCc1cc(CCl)cc(N2c3ccccc3CC2C)n1. The number of hydrogen-bond donors (Lipinski definition) is 0. The van der Waals surface area contributed by atoms with Crippen LogP contribution >= 0.6 is 11.6 Å². The Bertz CT molecular complexity index is 639. The number of halogens is 1. The third-order valence-electron chi connectivity index (χ3n) is 4.04. The number of alkyl halides is 1. The first kappa shape index (κ1) is 14.4. The van der Waals surface area contributed by atoms with Crippen molar-refractivity contribution in [2.45, 2.75) is 45.0 Å². The maximum atomic E-state index is 6.07. The van der Waals surface area contributed by atoms with Gasteiger partial charge >= 0.3 is 0 Å². The number of fused-ring (bicyclic) bond motifs is 1. The number of hydrogen-bond acceptors (Lipinski definition) is 2. The van der Waals surface area contributed by atoms with Crippen molar-refractivity contribution in [3.63, 3.8) is 0 Å². The number of anilines is 2. The molecule has 0 aliphatic carbocycles. The van der Waals surface area contributed by atoms with Crippen LogP contribution in [0.3, 0.4) is 0 Å². The molecule has 0 spiro atoms. The van der Waals surface area contributed by atoms with E-state index in [1.54, 1.807) is 0 Å². The predicted molar refractivity (Wildman–Crippen MR) is 89.5 cm³/mol. The minimum atomic E-state index is 0.440. The molecule has 1 unspecified atom stereocenters. The summed E-state index contributed by atoms with van der Waals surface area (Å²) in [6.07, 6.45) is 3.18. The van der Waals surface area contributed by atoms with E-state index >= 15 is 0 Å². The molecule has 1 aromatic heterocycles. The van der Waals surface area contributed by atoms with Crippen molar-refractivity contribution in [3.8, 4) is 0 Å². The summed E-state index contributed by atoms with van der Waals surface area (Å²) < 4.78 is 0. The molecule has 1 aliphatic rings. The van der Waals surface area contributed by atoms with Gasteiger partial charge < -0.3 is 4.90 Å². The lowest BCUT2D eigenvalue weighted by Crippen LogP contribution is -2.25. The van der Waals surface area contributed by atoms with E-state index in [4.69, 9.17) is 16.6 Å². The Hall–Kier alpha value is -1.54. The van der Waals surface area contributed by atoms with Crippen LogP contribution in [0.15, 0.2) is 36.4 Å². The summed E-state index contributed by atoms with van der Waals surface area (Å²) in [6.45, 7) is 4.44. The highest BCUT2D eigenvalue weighted by Gasteiger charge is 2.27. The van der Waals surface area contributed by atoms with E-state index in [1.807, 2.05) is 0 Å². The van der Waals surface area contributed by atoms with E-state index in [9.17, 15) is 0 Å². The van der Waals surface area contributed by atoms with E-state index in [2.05, 4.69) is 55.1 Å². The van der Waals surface area contributed by atoms with E-state index in [0.717, 1.165) is 36.3 Å². The second kappa shape index (κ2) is 6.07. The summed E-state index contributed by atoms with van der Waals surface area (Å²) in [5.41, 5.74) is 4.98. The van der Waals surface area contributed by atoms with Crippen LogP contribution < -0.4 is 4.90 Å². The maximum Gasteiger partial charge on any atom is 0.133 e. The summed E-state index contributed by atoms with van der Waals surface area (Å²) in [5, 5.41) is 0. The molecular weight excluding hydrogens is 280 g/mol. The minimum Gasteiger partial charge on any atom is -0.323 e. The summed E-state index contributed by atoms with van der Waals surface area (Å²) in [7, 11) is 0.